The van der Waals surface area contributed by atoms with Crippen LogP contribution in [0.25, 0.3) is 0 Å². The minimum Gasteiger partial charge on any atom is -0.485 e. The van der Waals surface area contributed by atoms with E-state index in [1.807, 2.05) is 62.4 Å². The second-order valence-electron chi connectivity index (χ2n) is 7.13. The van der Waals surface area contributed by atoms with Crippen LogP contribution in [0.4, 0.5) is 0 Å². The Morgan fingerprint density at radius 2 is 1.52 bits per heavy atom. The largest absolute Gasteiger partial charge is 0.485 e. The molecule has 6 nitrogen and oxygen atoms in total. The van der Waals surface area contributed by atoms with E-state index in [1.165, 1.54) is 6.21 Å². The number of benzene rings is 3. The Morgan fingerprint density at radius 1 is 0.903 bits per heavy atom. The van der Waals surface area contributed by atoms with E-state index >= 15 is 0 Å². The maximum Gasteiger partial charge on any atom is 0.344 e. The number of rotatable bonds is 10. The number of carboxylic acid groups (broad SMARTS) is 1. The zero-order chi connectivity index (χ0) is 22.1. The highest BCUT2D eigenvalue weighted by Crippen LogP contribution is 2.32. The molecule has 0 aromatic heterocycles. The molecule has 0 saturated heterocycles. The molecule has 3 rings (SSSR count). The van der Waals surface area contributed by atoms with Crippen LogP contribution >= 0.6 is 0 Å². The molecular formula is C25H25NO5. The first kappa shape index (κ1) is 21.9. The van der Waals surface area contributed by atoms with Gasteiger partial charge in [-0.2, -0.15) is 0 Å². The first-order valence-corrected chi connectivity index (χ1v) is 9.88. The van der Waals surface area contributed by atoms with E-state index in [2.05, 4.69) is 17.3 Å². The van der Waals surface area contributed by atoms with Gasteiger partial charge in [-0.05, 0) is 37.1 Å². The molecule has 0 unspecified atom stereocenters. The summed E-state index contributed by atoms with van der Waals surface area (Å²) in [5, 5.41) is 12.4. The minimum absolute atomic E-state index is 0.351. The third-order valence-electron chi connectivity index (χ3n) is 4.41. The Bertz CT molecular complexity index is 1060. The van der Waals surface area contributed by atoms with Crippen molar-refractivity contribution in [3.8, 4) is 11.5 Å². The van der Waals surface area contributed by atoms with Gasteiger partial charge in [-0.3, -0.25) is 0 Å². The van der Waals surface area contributed by atoms with Gasteiger partial charge in [-0.15, -0.1) is 0 Å². The molecule has 0 heterocycles. The maximum absolute atomic E-state index is 10.6. The Balaban J connectivity index is 1.81. The first-order chi connectivity index (χ1) is 15.0. The van der Waals surface area contributed by atoms with Crippen LogP contribution in [-0.4, -0.2) is 23.9 Å². The lowest BCUT2D eigenvalue weighted by atomic mass is 10.1. The number of nitrogens with zero attached hydrogens (tertiary/aromatic N) is 1. The number of ether oxygens (including phenoxy) is 2. The van der Waals surface area contributed by atoms with Gasteiger partial charge < -0.3 is 19.4 Å². The van der Waals surface area contributed by atoms with Crippen LogP contribution in [0.3, 0.4) is 0 Å². The number of oxime groups is 1. The van der Waals surface area contributed by atoms with Gasteiger partial charge in [0.1, 0.15) is 13.2 Å². The van der Waals surface area contributed by atoms with Gasteiger partial charge in [0, 0.05) is 5.56 Å². The zero-order valence-corrected chi connectivity index (χ0v) is 17.6. The second-order valence-corrected chi connectivity index (χ2v) is 7.13. The van der Waals surface area contributed by atoms with Gasteiger partial charge in [0.05, 0.1) is 6.21 Å². The van der Waals surface area contributed by atoms with Crippen molar-refractivity contribution < 1.29 is 24.2 Å². The molecule has 3 aromatic rings. The molecule has 0 fully saturated rings. The summed E-state index contributed by atoms with van der Waals surface area (Å²) in [4.78, 5) is 15.4. The monoisotopic (exact) mass is 419 g/mol. The number of carboxylic acids is 1. The summed E-state index contributed by atoms with van der Waals surface area (Å²) in [7, 11) is 0. The topological polar surface area (TPSA) is 77.4 Å². The fourth-order valence-corrected chi connectivity index (χ4v) is 3.01. The summed E-state index contributed by atoms with van der Waals surface area (Å²) in [5.41, 5.74) is 5.01. The highest BCUT2D eigenvalue weighted by atomic mass is 16.6. The van der Waals surface area contributed by atoms with Gasteiger partial charge in [0.2, 0.25) is 6.61 Å². The van der Waals surface area contributed by atoms with E-state index in [1.54, 1.807) is 6.07 Å². The number of hydrogen-bond acceptors (Lipinski definition) is 5. The predicted molar refractivity (Wildman–Crippen MR) is 119 cm³/mol. The molecule has 0 saturated carbocycles. The molecule has 160 valence electrons. The Morgan fingerprint density at radius 3 is 2.13 bits per heavy atom. The summed E-state index contributed by atoms with van der Waals surface area (Å²) in [6.45, 7) is 4.29. The average Bonchev–Trinajstić information content (AvgIpc) is 2.74. The van der Waals surface area contributed by atoms with Gasteiger partial charge in [0.25, 0.3) is 0 Å². The normalized spacial score (nSPS) is 10.8. The highest BCUT2D eigenvalue weighted by Gasteiger charge is 2.12. The van der Waals surface area contributed by atoms with E-state index in [0.29, 0.717) is 30.3 Å². The zero-order valence-electron chi connectivity index (χ0n) is 17.6. The van der Waals surface area contributed by atoms with E-state index in [-0.39, 0.29) is 0 Å². The molecule has 0 bridgehead atoms. The first-order valence-electron chi connectivity index (χ1n) is 9.88. The Hall–Kier alpha value is -3.80. The van der Waals surface area contributed by atoms with Crippen molar-refractivity contribution >= 4 is 12.2 Å². The molecule has 3 aromatic carbocycles. The summed E-state index contributed by atoms with van der Waals surface area (Å²) in [6, 6.07) is 21.6. The molecule has 6 heteroatoms. The Labute approximate surface area is 181 Å². The second kappa shape index (κ2) is 10.8. The summed E-state index contributed by atoms with van der Waals surface area (Å²) < 4.78 is 12.2. The molecular weight excluding hydrogens is 394 g/mol. The van der Waals surface area contributed by atoms with Gasteiger partial charge in [0.15, 0.2) is 11.5 Å². The van der Waals surface area contributed by atoms with Crippen molar-refractivity contribution in [3.63, 3.8) is 0 Å². The molecule has 0 amide bonds. The number of hydrogen-bond donors (Lipinski definition) is 1. The van der Waals surface area contributed by atoms with E-state index in [0.717, 1.165) is 22.3 Å². The molecule has 0 aliphatic carbocycles. The van der Waals surface area contributed by atoms with Crippen LogP contribution in [0.2, 0.25) is 0 Å². The quantitative estimate of drug-likeness (QED) is 0.374. The van der Waals surface area contributed by atoms with Gasteiger partial charge in [-0.1, -0.05) is 70.9 Å². The van der Waals surface area contributed by atoms with Crippen LogP contribution in [0, 0.1) is 13.8 Å². The van der Waals surface area contributed by atoms with Crippen LogP contribution in [0.1, 0.15) is 27.8 Å². The molecule has 0 spiro atoms. The minimum atomic E-state index is -1.09. The van der Waals surface area contributed by atoms with E-state index < -0.39 is 12.6 Å². The number of aryl methyl sites for hydroxylation is 2. The summed E-state index contributed by atoms with van der Waals surface area (Å²) in [5.74, 6) is -0.0148. The van der Waals surface area contributed by atoms with Crippen molar-refractivity contribution in [1.29, 1.82) is 0 Å². The lowest BCUT2D eigenvalue weighted by Gasteiger charge is -2.15. The van der Waals surface area contributed by atoms with Crippen molar-refractivity contribution in [3.05, 3.63) is 94.5 Å². The molecule has 0 atom stereocenters. The third-order valence-corrected chi connectivity index (χ3v) is 4.41. The Kier molecular flexibility index (Phi) is 7.65. The van der Waals surface area contributed by atoms with Gasteiger partial charge >= 0.3 is 5.97 Å². The van der Waals surface area contributed by atoms with Crippen LogP contribution < -0.4 is 9.47 Å². The van der Waals surface area contributed by atoms with E-state index in [9.17, 15) is 4.79 Å². The van der Waals surface area contributed by atoms with Crippen LogP contribution in [0.15, 0.2) is 71.9 Å². The third kappa shape index (κ3) is 6.89. The fourth-order valence-electron chi connectivity index (χ4n) is 3.01. The molecule has 0 aliphatic heterocycles. The smallest absolute Gasteiger partial charge is 0.344 e. The highest BCUT2D eigenvalue weighted by molar-refractivity contribution is 5.84. The average molecular weight is 419 g/mol. The molecule has 1 N–H and O–H groups in total. The lowest BCUT2D eigenvalue weighted by molar-refractivity contribution is -0.142. The van der Waals surface area contributed by atoms with E-state index in [4.69, 9.17) is 19.4 Å². The molecule has 0 aliphatic rings. The van der Waals surface area contributed by atoms with Crippen LogP contribution in [-0.2, 0) is 22.8 Å². The van der Waals surface area contributed by atoms with Gasteiger partial charge in [-0.25, -0.2) is 4.79 Å². The summed E-state index contributed by atoms with van der Waals surface area (Å²) in [6.07, 6.45) is 1.42. The standard InChI is InChI=1S/C25H25NO5/c1-18-6-3-8-20(12-18)15-29-23-11-5-10-22(14-26-31-17-24(27)28)25(23)30-16-21-9-4-7-19(2)13-21/h3-14H,15-17H2,1-2H3,(H,27,28). The maximum atomic E-state index is 10.6. The lowest BCUT2D eigenvalue weighted by Crippen LogP contribution is -2.05. The van der Waals surface area contributed by atoms with Crippen molar-refractivity contribution in [2.45, 2.75) is 27.1 Å². The van der Waals surface area contributed by atoms with Crippen molar-refractivity contribution in [1.82, 2.24) is 0 Å². The van der Waals surface area contributed by atoms with Crippen molar-refractivity contribution in [2.75, 3.05) is 6.61 Å². The number of para-hydroxylation sites is 1. The molecule has 0 radical (unpaired) electrons. The number of carbonyl (C=O) groups is 1. The number of aliphatic carboxylic acids is 1. The van der Waals surface area contributed by atoms with Crippen LogP contribution in [0.5, 0.6) is 11.5 Å². The SMILES string of the molecule is Cc1cccc(COc2cccc(C=NOCC(=O)O)c2OCc2cccc(C)c2)c1. The molecule has 31 heavy (non-hydrogen) atoms. The summed E-state index contributed by atoms with van der Waals surface area (Å²) >= 11 is 0. The predicted octanol–water partition coefficient (Wildman–Crippen LogP) is 4.90. The fraction of sp³-hybridized carbons (Fsp3) is 0.200. The van der Waals surface area contributed by atoms with Crippen molar-refractivity contribution in [2.24, 2.45) is 5.16 Å².